The average molecular weight is 571 g/mol. The van der Waals surface area contributed by atoms with Gasteiger partial charge >= 0.3 is 0 Å². The summed E-state index contributed by atoms with van der Waals surface area (Å²) < 4.78 is 29.7. The van der Waals surface area contributed by atoms with Gasteiger partial charge in [0.15, 0.2) is 23.9 Å². The van der Waals surface area contributed by atoms with Crippen LogP contribution in [0.3, 0.4) is 0 Å². The number of pyridine rings is 2. The van der Waals surface area contributed by atoms with Crippen LogP contribution in [0.5, 0.6) is 11.5 Å². The number of methoxy groups -OCH3 is 1. The van der Waals surface area contributed by atoms with E-state index in [0.717, 1.165) is 27.4 Å². The Morgan fingerprint density at radius 2 is 1.71 bits per heavy atom. The number of anilines is 3. The molecular weight excluding hydrogens is 543 g/mol. The van der Waals surface area contributed by atoms with Crippen LogP contribution >= 0.6 is 11.6 Å². The maximum atomic E-state index is 13.6. The van der Waals surface area contributed by atoms with Gasteiger partial charge in [-0.15, -0.1) is 0 Å². The van der Waals surface area contributed by atoms with Crippen molar-refractivity contribution in [1.82, 2.24) is 9.97 Å². The lowest BCUT2D eigenvalue weighted by atomic mass is 10.1. The van der Waals surface area contributed by atoms with Crippen molar-refractivity contribution in [3.63, 3.8) is 0 Å². The summed E-state index contributed by atoms with van der Waals surface area (Å²) in [4.78, 5) is 8.76. The summed E-state index contributed by atoms with van der Waals surface area (Å²) >= 11 is 5.96. The van der Waals surface area contributed by atoms with E-state index in [1.807, 2.05) is 18.2 Å². The molecule has 0 saturated carbocycles. The highest BCUT2D eigenvalue weighted by Gasteiger charge is 2.21. The normalized spacial score (nSPS) is 11.2. The van der Waals surface area contributed by atoms with Crippen molar-refractivity contribution in [3.05, 3.63) is 90.2 Å². The smallest absolute Gasteiger partial charge is 0.287 e. The van der Waals surface area contributed by atoms with Gasteiger partial charge in [0.05, 0.1) is 28.4 Å². The predicted molar refractivity (Wildman–Crippen MR) is 159 cm³/mol. The first kappa shape index (κ1) is 26.5. The number of halogens is 2. The van der Waals surface area contributed by atoms with Gasteiger partial charge in [-0.05, 0) is 42.5 Å². The first-order chi connectivity index (χ1) is 19.9. The summed E-state index contributed by atoms with van der Waals surface area (Å²) in [6.45, 7) is 0.941. The first-order valence-electron chi connectivity index (χ1n) is 13.0. The van der Waals surface area contributed by atoms with E-state index < -0.39 is 5.82 Å². The second-order valence-corrected chi connectivity index (χ2v) is 10.0. The van der Waals surface area contributed by atoms with Gasteiger partial charge in [-0.3, -0.25) is 0 Å². The molecule has 3 aromatic heterocycles. The van der Waals surface area contributed by atoms with Gasteiger partial charge in [-0.1, -0.05) is 11.6 Å². The van der Waals surface area contributed by atoms with Crippen LogP contribution in [0, 0.1) is 5.82 Å². The summed E-state index contributed by atoms with van der Waals surface area (Å²) in [5.74, 6) is 1.16. The number of nitrogens with one attached hydrogen (secondary N) is 2. The molecule has 0 aliphatic carbocycles. The standard InChI is InChI=1S/C31H27ClFN6O2/c1-38-11-4-6-19-14-25(21-7-5-12-39(2)30(21)29(19)38)34-10-13-41-28-16-22-26(17-27(28)40-3)35-18-36-31(22)37-20-8-9-24(33)23(32)15-20/h4-9,11-12,14-18H,10,13H2,1-3H3,(H,35,36,37)/q+1/p+1. The largest absolute Gasteiger partial charge is 0.493 e. The van der Waals surface area contributed by atoms with Crippen LogP contribution in [0.25, 0.3) is 32.7 Å². The Labute approximate surface area is 241 Å². The SMILES string of the molecule is COc1cc2ncnc(Nc3ccc(F)c(Cl)c3)c2cc1OCCNc1cc2ccc[n+](C)c2c2c1ccc[n+]2C. The highest BCUT2D eigenvalue weighted by molar-refractivity contribution is 6.31. The van der Waals surface area contributed by atoms with Crippen LogP contribution in [-0.4, -0.2) is 30.2 Å². The van der Waals surface area contributed by atoms with Crippen molar-refractivity contribution in [2.75, 3.05) is 30.9 Å². The molecular formula is C31H28ClFN6O2+2. The van der Waals surface area contributed by atoms with Crippen molar-refractivity contribution in [1.29, 1.82) is 0 Å². The second-order valence-electron chi connectivity index (χ2n) is 9.63. The van der Waals surface area contributed by atoms with E-state index in [0.29, 0.717) is 41.7 Å². The minimum Gasteiger partial charge on any atom is -0.493 e. The molecule has 2 N–H and O–H groups in total. The fourth-order valence-electron chi connectivity index (χ4n) is 5.05. The zero-order valence-electron chi connectivity index (χ0n) is 22.8. The van der Waals surface area contributed by atoms with Gasteiger partial charge in [-0.25, -0.2) is 14.4 Å². The molecule has 206 valence electrons. The monoisotopic (exact) mass is 570 g/mol. The lowest BCUT2D eigenvalue weighted by molar-refractivity contribution is -0.664. The number of ether oxygens (including phenoxy) is 2. The van der Waals surface area contributed by atoms with Crippen molar-refractivity contribution in [2.45, 2.75) is 0 Å². The van der Waals surface area contributed by atoms with Gasteiger partial charge in [0, 0.05) is 41.5 Å². The molecule has 0 aliphatic rings. The number of rotatable bonds is 8. The minimum absolute atomic E-state index is 0.0217. The van der Waals surface area contributed by atoms with Crippen molar-refractivity contribution < 1.29 is 23.0 Å². The summed E-state index contributed by atoms with van der Waals surface area (Å²) in [5.41, 5.74) is 4.62. The second kappa shape index (κ2) is 11.0. The van der Waals surface area contributed by atoms with Crippen molar-refractivity contribution in [2.24, 2.45) is 14.1 Å². The lowest BCUT2D eigenvalue weighted by Gasteiger charge is -2.15. The molecule has 0 radical (unpaired) electrons. The van der Waals surface area contributed by atoms with Gasteiger partial charge < -0.3 is 20.1 Å². The zero-order valence-corrected chi connectivity index (χ0v) is 23.5. The van der Waals surface area contributed by atoms with E-state index in [2.05, 4.69) is 74.4 Å². The van der Waals surface area contributed by atoms with Gasteiger partial charge in [0.25, 0.3) is 11.0 Å². The third-order valence-electron chi connectivity index (χ3n) is 6.98. The van der Waals surface area contributed by atoms with E-state index in [1.165, 1.54) is 24.0 Å². The Morgan fingerprint density at radius 3 is 2.51 bits per heavy atom. The number of hydrogen-bond donors (Lipinski definition) is 2. The Bertz CT molecular complexity index is 1930. The van der Waals surface area contributed by atoms with E-state index in [4.69, 9.17) is 21.1 Å². The molecule has 0 aliphatic heterocycles. The Morgan fingerprint density at radius 1 is 0.902 bits per heavy atom. The van der Waals surface area contributed by atoms with Crippen molar-refractivity contribution >= 4 is 61.5 Å². The van der Waals surface area contributed by atoms with Crippen LogP contribution < -0.4 is 29.2 Å². The zero-order chi connectivity index (χ0) is 28.5. The summed E-state index contributed by atoms with van der Waals surface area (Å²) in [6.07, 6.45) is 5.58. The Hall–Kier alpha value is -4.76. The summed E-state index contributed by atoms with van der Waals surface area (Å²) in [7, 11) is 5.72. The maximum absolute atomic E-state index is 13.6. The molecule has 0 bridgehead atoms. The minimum atomic E-state index is -0.488. The molecule has 10 heteroatoms. The van der Waals surface area contributed by atoms with E-state index >= 15 is 0 Å². The highest BCUT2D eigenvalue weighted by Crippen LogP contribution is 2.35. The Balaban J connectivity index is 1.25. The van der Waals surface area contributed by atoms with E-state index in [9.17, 15) is 4.39 Å². The van der Waals surface area contributed by atoms with Gasteiger partial charge in [0.2, 0.25) is 0 Å². The number of aromatic nitrogens is 4. The topological polar surface area (TPSA) is 76.1 Å². The summed E-state index contributed by atoms with van der Waals surface area (Å²) in [6, 6.07) is 18.6. The molecule has 0 atom stereocenters. The molecule has 0 spiro atoms. The number of benzene rings is 3. The quantitative estimate of drug-likeness (QED) is 0.141. The van der Waals surface area contributed by atoms with Gasteiger partial charge in [0.1, 0.15) is 38.7 Å². The fourth-order valence-corrected chi connectivity index (χ4v) is 5.23. The number of aryl methyl sites for hydroxylation is 2. The number of fused-ring (bicyclic) bond motifs is 4. The van der Waals surface area contributed by atoms with Crippen LogP contribution in [0.15, 0.2) is 79.4 Å². The molecule has 6 rings (SSSR count). The maximum Gasteiger partial charge on any atom is 0.287 e. The first-order valence-corrected chi connectivity index (χ1v) is 13.4. The third-order valence-corrected chi connectivity index (χ3v) is 7.27. The van der Waals surface area contributed by atoms with Crippen LogP contribution in [-0.2, 0) is 14.1 Å². The number of hydrogen-bond acceptors (Lipinski definition) is 6. The molecule has 0 fully saturated rings. The molecule has 3 aromatic carbocycles. The lowest BCUT2D eigenvalue weighted by Crippen LogP contribution is -2.35. The average Bonchev–Trinajstić information content (AvgIpc) is 2.97. The molecule has 6 aromatic rings. The molecule has 0 amide bonds. The Kier molecular flexibility index (Phi) is 7.11. The summed E-state index contributed by atoms with van der Waals surface area (Å²) in [5, 5.41) is 9.76. The molecule has 8 nitrogen and oxygen atoms in total. The van der Waals surface area contributed by atoms with Crippen LogP contribution in [0.2, 0.25) is 5.02 Å². The third kappa shape index (κ3) is 5.12. The van der Waals surface area contributed by atoms with Crippen molar-refractivity contribution in [3.8, 4) is 11.5 Å². The van der Waals surface area contributed by atoms with Crippen LogP contribution in [0.4, 0.5) is 21.6 Å². The molecule has 0 saturated heterocycles. The molecule has 0 unspecified atom stereocenters. The fraction of sp³-hybridized carbons (Fsp3) is 0.161. The highest BCUT2D eigenvalue weighted by atomic mass is 35.5. The van der Waals surface area contributed by atoms with Gasteiger partial charge in [-0.2, -0.15) is 9.13 Å². The number of nitrogens with zero attached hydrogens (tertiary/aromatic N) is 4. The molecule has 3 heterocycles. The van der Waals surface area contributed by atoms with E-state index in [1.54, 1.807) is 19.2 Å². The van der Waals surface area contributed by atoms with E-state index in [-0.39, 0.29) is 5.02 Å². The predicted octanol–water partition coefficient (Wildman–Crippen LogP) is 5.62. The van der Waals surface area contributed by atoms with Crippen LogP contribution in [0.1, 0.15) is 0 Å². The molecule has 41 heavy (non-hydrogen) atoms.